The van der Waals surface area contributed by atoms with Gasteiger partial charge in [-0.15, -0.1) is 0 Å². The quantitative estimate of drug-likeness (QED) is 0.647. The topological polar surface area (TPSA) is 29.5 Å². The molecule has 0 unspecified atom stereocenters. The first kappa shape index (κ1) is 18.4. The highest BCUT2D eigenvalue weighted by Crippen LogP contribution is 2.32. The summed E-state index contributed by atoms with van der Waals surface area (Å²) in [6.07, 6.45) is -2.68. The van der Waals surface area contributed by atoms with Crippen molar-refractivity contribution in [3.8, 4) is 5.75 Å². The molecule has 7 heteroatoms. The molecule has 1 aliphatic heterocycles. The molecule has 1 fully saturated rings. The van der Waals surface area contributed by atoms with Crippen molar-refractivity contribution in [3.63, 3.8) is 0 Å². The van der Waals surface area contributed by atoms with E-state index < -0.39 is 12.8 Å². The molecule has 1 amide bonds. The number of carbonyl (C=O) groups is 1. The molecule has 0 aromatic heterocycles. The lowest BCUT2D eigenvalue weighted by Crippen LogP contribution is -2.41. The first-order valence-corrected chi connectivity index (χ1v) is 8.44. The highest BCUT2D eigenvalue weighted by atomic mass is 127. The number of piperidine rings is 1. The second-order valence-electron chi connectivity index (χ2n) is 6.50. The van der Waals surface area contributed by atoms with Gasteiger partial charge in [0.2, 0.25) is 0 Å². The van der Waals surface area contributed by atoms with E-state index >= 15 is 0 Å². The third-order valence-corrected chi connectivity index (χ3v) is 4.64. The lowest BCUT2D eigenvalue weighted by atomic mass is 9.82. The summed E-state index contributed by atoms with van der Waals surface area (Å²) in [7, 11) is 0. The maximum absolute atomic E-state index is 12.6. The zero-order valence-corrected chi connectivity index (χ0v) is 15.2. The van der Waals surface area contributed by atoms with Gasteiger partial charge in [-0.05, 0) is 59.0 Å². The van der Waals surface area contributed by atoms with Crippen LogP contribution in [0.3, 0.4) is 0 Å². The Balaban J connectivity index is 2.16. The monoisotopic (exact) mass is 441 g/mol. The van der Waals surface area contributed by atoms with Gasteiger partial charge in [0, 0.05) is 16.7 Å². The van der Waals surface area contributed by atoms with E-state index in [1.165, 1.54) is 12.1 Å². The lowest BCUT2D eigenvalue weighted by Gasteiger charge is -2.37. The average Bonchev–Trinajstić information content (AvgIpc) is 2.44. The summed E-state index contributed by atoms with van der Waals surface area (Å²) in [6, 6.07) is 4.70. The molecule has 0 N–H and O–H groups in total. The molecule has 1 aliphatic rings. The summed E-state index contributed by atoms with van der Waals surface area (Å²) < 4.78 is 42.8. The first-order chi connectivity index (χ1) is 10.6. The van der Waals surface area contributed by atoms with Crippen molar-refractivity contribution in [2.75, 3.05) is 19.7 Å². The molecule has 1 heterocycles. The molecule has 1 saturated heterocycles. The van der Waals surface area contributed by atoms with Crippen LogP contribution in [0.4, 0.5) is 13.2 Å². The number of ether oxygens (including phenoxy) is 1. The van der Waals surface area contributed by atoms with E-state index in [-0.39, 0.29) is 22.6 Å². The largest absolute Gasteiger partial charge is 0.483 e. The number of nitrogens with zero attached hydrogens (tertiary/aromatic N) is 1. The van der Waals surface area contributed by atoms with Crippen molar-refractivity contribution in [3.05, 3.63) is 27.3 Å². The fraction of sp³-hybridized carbons (Fsp3) is 0.562. The van der Waals surface area contributed by atoms with Gasteiger partial charge in [0.1, 0.15) is 5.75 Å². The van der Waals surface area contributed by atoms with Crippen molar-refractivity contribution >= 4 is 28.5 Å². The lowest BCUT2D eigenvalue weighted by molar-refractivity contribution is -0.153. The Morgan fingerprint density at radius 1 is 1.30 bits per heavy atom. The predicted molar refractivity (Wildman–Crippen MR) is 89.6 cm³/mol. The Morgan fingerprint density at radius 2 is 1.91 bits per heavy atom. The standard InChI is InChI=1S/C16H19F3INO2/c1-15(2)5-7-21(8-6-15)14(22)12-4-3-11(20)9-13(12)23-10-16(17,18)19/h3-4,9H,5-8,10H2,1-2H3. The fourth-order valence-corrected chi connectivity index (χ4v) is 2.90. The van der Waals surface area contributed by atoms with Crippen molar-refractivity contribution in [1.29, 1.82) is 0 Å². The minimum atomic E-state index is -4.43. The number of hydrogen-bond donors (Lipinski definition) is 0. The van der Waals surface area contributed by atoms with Crippen LogP contribution in [0.15, 0.2) is 18.2 Å². The Bertz CT molecular complexity index is 577. The van der Waals surface area contributed by atoms with Gasteiger partial charge in [-0.1, -0.05) is 13.8 Å². The Morgan fingerprint density at radius 3 is 2.48 bits per heavy atom. The van der Waals surface area contributed by atoms with Crippen molar-refractivity contribution < 1.29 is 22.7 Å². The number of hydrogen-bond acceptors (Lipinski definition) is 2. The number of likely N-dealkylation sites (tertiary alicyclic amines) is 1. The second-order valence-corrected chi connectivity index (χ2v) is 7.75. The van der Waals surface area contributed by atoms with Gasteiger partial charge in [0.25, 0.3) is 5.91 Å². The summed E-state index contributed by atoms with van der Waals surface area (Å²) in [5.41, 5.74) is 0.382. The Hall–Kier alpha value is -0.990. The van der Waals surface area contributed by atoms with E-state index in [1.54, 1.807) is 11.0 Å². The SMILES string of the molecule is CC1(C)CCN(C(=O)c2ccc(I)cc2OCC(F)(F)F)CC1. The number of carbonyl (C=O) groups excluding carboxylic acids is 1. The van der Waals surface area contributed by atoms with Crippen LogP contribution in [0.25, 0.3) is 0 Å². The molecule has 0 spiro atoms. The smallest absolute Gasteiger partial charge is 0.422 e. The van der Waals surface area contributed by atoms with Gasteiger partial charge in [-0.25, -0.2) is 0 Å². The summed E-state index contributed by atoms with van der Waals surface area (Å²) in [6.45, 7) is 4.11. The van der Waals surface area contributed by atoms with Gasteiger partial charge in [0.05, 0.1) is 5.56 Å². The molecule has 0 bridgehead atoms. The normalized spacial score (nSPS) is 17.9. The van der Waals surface area contributed by atoms with E-state index in [1.807, 2.05) is 22.6 Å². The van der Waals surface area contributed by atoms with E-state index in [0.717, 1.165) is 16.4 Å². The highest BCUT2D eigenvalue weighted by Gasteiger charge is 2.31. The summed E-state index contributed by atoms with van der Waals surface area (Å²) >= 11 is 1.98. The van der Waals surface area contributed by atoms with Gasteiger partial charge in [0.15, 0.2) is 6.61 Å². The van der Waals surface area contributed by atoms with Crippen LogP contribution in [0.5, 0.6) is 5.75 Å². The minimum absolute atomic E-state index is 0.0101. The molecule has 23 heavy (non-hydrogen) atoms. The number of amides is 1. The number of alkyl halides is 3. The summed E-state index contributed by atoms with van der Waals surface area (Å²) in [5.74, 6) is -0.280. The molecular formula is C16H19F3INO2. The maximum Gasteiger partial charge on any atom is 0.422 e. The zero-order valence-electron chi connectivity index (χ0n) is 13.0. The number of rotatable bonds is 3. The van der Waals surface area contributed by atoms with Gasteiger partial charge < -0.3 is 9.64 Å². The molecular weight excluding hydrogens is 422 g/mol. The molecule has 128 valence electrons. The highest BCUT2D eigenvalue weighted by molar-refractivity contribution is 14.1. The van der Waals surface area contributed by atoms with Crippen LogP contribution in [-0.2, 0) is 0 Å². The molecule has 3 nitrogen and oxygen atoms in total. The summed E-state index contributed by atoms with van der Waals surface area (Å²) in [4.78, 5) is 14.3. The van der Waals surface area contributed by atoms with Crippen molar-refractivity contribution in [2.45, 2.75) is 32.9 Å². The van der Waals surface area contributed by atoms with Crippen LogP contribution in [0.1, 0.15) is 37.0 Å². The van der Waals surface area contributed by atoms with E-state index in [9.17, 15) is 18.0 Å². The van der Waals surface area contributed by atoms with Gasteiger partial charge in [-0.3, -0.25) is 4.79 Å². The minimum Gasteiger partial charge on any atom is -0.483 e. The molecule has 1 aromatic rings. The molecule has 0 atom stereocenters. The van der Waals surface area contributed by atoms with Gasteiger partial charge in [-0.2, -0.15) is 13.2 Å². The molecule has 0 saturated carbocycles. The van der Waals surface area contributed by atoms with Crippen LogP contribution in [-0.4, -0.2) is 36.7 Å². The van der Waals surface area contributed by atoms with Crippen LogP contribution in [0.2, 0.25) is 0 Å². The van der Waals surface area contributed by atoms with Crippen LogP contribution < -0.4 is 4.74 Å². The second kappa shape index (κ2) is 6.86. The van der Waals surface area contributed by atoms with E-state index in [0.29, 0.717) is 13.1 Å². The fourth-order valence-electron chi connectivity index (χ4n) is 2.44. The van der Waals surface area contributed by atoms with Crippen LogP contribution >= 0.6 is 22.6 Å². The molecule has 0 aliphatic carbocycles. The van der Waals surface area contributed by atoms with E-state index in [2.05, 4.69) is 13.8 Å². The van der Waals surface area contributed by atoms with E-state index in [4.69, 9.17) is 4.74 Å². The maximum atomic E-state index is 12.6. The number of halogens is 4. The zero-order chi connectivity index (χ0) is 17.3. The molecule has 0 radical (unpaired) electrons. The van der Waals surface area contributed by atoms with Gasteiger partial charge >= 0.3 is 6.18 Å². The van der Waals surface area contributed by atoms with Crippen LogP contribution in [0, 0.1) is 8.99 Å². The third-order valence-electron chi connectivity index (χ3n) is 3.97. The first-order valence-electron chi connectivity index (χ1n) is 7.36. The average molecular weight is 441 g/mol. The third kappa shape index (κ3) is 5.26. The van der Waals surface area contributed by atoms with Crippen molar-refractivity contribution in [2.24, 2.45) is 5.41 Å². The molecule has 1 aromatic carbocycles. The Labute approximate surface area is 147 Å². The van der Waals surface area contributed by atoms with Crippen molar-refractivity contribution in [1.82, 2.24) is 4.90 Å². The number of benzene rings is 1. The predicted octanol–water partition coefficient (Wildman–Crippen LogP) is 4.49. The Kier molecular flexibility index (Phi) is 5.48. The summed E-state index contributed by atoms with van der Waals surface area (Å²) in [5, 5.41) is 0. The molecule has 2 rings (SSSR count).